The third kappa shape index (κ3) is 4.54. The van der Waals surface area contributed by atoms with Crippen molar-refractivity contribution in [3.05, 3.63) is 24.3 Å². The molecule has 0 aliphatic carbocycles. The quantitative estimate of drug-likeness (QED) is 0.872. The number of nitrogens with one attached hydrogen (secondary N) is 1. The van der Waals surface area contributed by atoms with Crippen LogP contribution in [0, 0.1) is 0 Å². The fourth-order valence-electron chi connectivity index (χ4n) is 1.98. The number of ether oxygens (including phenoxy) is 2. The molecule has 0 atom stereocenters. The summed E-state index contributed by atoms with van der Waals surface area (Å²) in [5.74, 6) is 0.822. The molecule has 1 aliphatic rings. The minimum Gasteiger partial charge on any atom is -0.497 e. The fourth-order valence-corrected chi connectivity index (χ4v) is 1.98. The van der Waals surface area contributed by atoms with E-state index in [1.165, 1.54) is 0 Å². The molecule has 1 aromatic rings. The van der Waals surface area contributed by atoms with Gasteiger partial charge in [0.15, 0.2) is 0 Å². The first-order valence-corrected chi connectivity index (χ1v) is 6.52. The standard InChI is InChI=1S/C14H20N2O3/c1-18-13-4-2-12(3-5-13)15-14(17)6-7-16-8-10-19-11-9-16/h2-5H,6-11H2,1H3,(H,15,17). The van der Waals surface area contributed by atoms with Gasteiger partial charge in [-0.05, 0) is 24.3 Å². The Bertz CT molecular complexity index is 400. The Labute approximate surface area is 113 Å². The predicted molar refractivity (Wildman–Crippen MR) is 73.5 cm³/mol. The van der Waals surface area contributed by atoms with Crippen molar-refractivity contribution in [2.45, 2.75) is 6.42 Å². The van der Waals surface area contributed by atoms with Crippen molar-refractivity contribution < 1.29 is 14.3 Å². The van der Waals surface area contributed by atoms with E-state index in [0.29, 0.717) is 6.42 Å². The molecule has 5 nitrogen and oxygen atoms in total. The van der Waals surface area contributed by atoms with Gasteiger partial charge in [0.05, 0.1) is 20.3 Å². The Morgan fingerprint density at radius 3 is 2.63 bits per heavy atom. The highest BCUT2D eigenvalue weighted by atomic mass is 16.5. The lowest BCUT2D eigenvalue weighted by molar-refractivity contribution is -0.116. The molecule has 1 amide bonds. The van der Waals surface area contributed by atoms with Gasteiger partial charge in [0.25, 0.3) is 0 Å². The first-order valence-electron chi connectivity index (χ1n) is 6.52. The van der Waals surface area contributed by atoms with Crippen molar-refractivity contribution in [2.75, 3.05) is 45.3 Å². The van der Waals surface area contributed by atoms with Crippen molar-refractivity contribution in [3.8, 4) is 5.75 Å². The number of rotatable bonds is 5. The van der Waals surface area contributed by atoms with Crippen LogP contribution < -0.4 is 10.1 Å². The maximum Gasteiger partial charge on any atom is 0.225 e. The van der Waals surface area contributed by atoms with Crippen LogP contribution in [0.15, 0.2) is 24.3 Å². The Balaban J connectivity index is 1.73. The van der Waals surface area contributed by atoms with Gasteiger partial charge >= 0.3 is 0 Å². The van der Waals surface area contributed by atoms with E-state index < -0.39 is 0 Å². The van der Waals surface area contributed by atoms with Crippen molar-refractivity contribution in [1.29, 1.82) is 0 Å². The summed E-state index contributed by atoms with van der Waals surface area (Å²) in [4.78, 5) is 14.1. The summed E-state index contributed by atoms with van der Waals surface area (Å²) in [6, 6.07) is 7.34. The van der Waals surface area contributed by atoms with Gasteiger partial charge in [0.2, 0.25) is 5.91 Å². The lowest BCUT2D eigenvalue weighted by Gasteiger charge is -2.26. The number of hydrogen-bond donors (Lipinski definition) is 1. The van der Waals surface area contributed by atoms with Gasteiger partial charge < -0.3 is 14.8 Å². The number of carbonyl (C=O) groups excluding carboxylic acids is 1. The van der Waals surface area contributed by atoms with E-state index in [4.69, 9.17) is 9.47 Å². The maximum absolute atomic E-state index is 11.8. The van der Waals surface area contributed by atoms with E-state index in [1.54, 1.807) is 7.11 Å². The van der Waals surface area contributed by atoms with Gasteiger partial charge in [-0.3, -0.25) is 9.69 Å². The van der Waals surface area contributed by atoms with Crippen molar-refractivity contribution >= 4 is 11.6 Å². The third-order valence-electron chi connectivity index (χ3n) is 3.13. The molecule has 0 bridgehead atoms. The topological polar surface area (TPSA) is 50.8 Å². The van der Waals surface area contributed by atoms with E-state index >= 15 is 0 Å². The van der Waals surface area contributed by atoms with Gasteiger partial charge in [-0.2, -0.15) is 0 Å². The summed E-state index contributed by atoms with van der Waals surface area (Å²) in [6.45, 7) is 4.14. The maximum atomic E-state index is 11.8. The molecule has 1 N–H and O–H groups in total. The fraction of sp³-hybridized carbons (Fsp3) is 0.500. The van der Waals surface area contributed by atoms with Crippen LogP contribution in [0.25, 0.3) is 0 Å². The summed E-state index contributed by atoms with van der Waals surface area (Å²) in [5, 5.41) is 2.88. The van der Waals surface area contributed by atoms with Crippen LogP contribution in [0.2, 0.25) is 0 Å². The largest absolute Gasteiger partial charge is 0.497 e. The zero-order chi connectivity index (χ0) is 13.5. The predicted octanol–water partition coefficient (Wildman–Crippen LogP) is 1.36. The summed E-state index contributed by atoms with van der Waals surface area (Å²) in [6.07, 6.45) is 0.506. The minimum absolute atomic E-state index is 0.0386. The van der Waals surface area contributed by atoms with E-state index in [2.05, 4.69) is 10.2 Å². The number of carbonyl (C=O) groups is 1. The lowest BCUT2D eigenvalue weighted by atomic mass is 10.3. The number of anilines is 1. The van der Waals surface area contributed by atoms with Crippen LogP contribution in [-0.2, 0) is 9.53 Å². The monoisotopic (exact) mass is 264 g/mol. The van der Waals surface area contributed by atoms with Gasteiger partial charge in [0.1, 0.15) is 5.75 Å². The second kappa shape index (κ2) is 7.11. The average Bonchev–Trinajstić information content (AvgIpc) is 2.47. The zero-order valence-corrected chi connectivity index (χ0v) is 11.2. The first-order chi connectivity index (χ1) is 9.28. The van der Waals surface area contributed by atoms with Crippen molar-refractivity contribution in [1.82, 2.24) is 4.90 Å². The molecule has 19 heavy (non-hydrogen) atoms. The first kappa shape index (κ1) is 13.8. The summed E-state index contributed by atoms with van der Waals surface area (Å²) in [5.41, 5.74) is 0.799. The molecule has 0 radical (unpaired) electrons. The second-order valence-electron chi connectivity index (χ2n) is 4.48. The van der Waals surface area contributed by atoms with Crippen LogP contribution >= 0.6 is 0 Å². The summed E-state index contributed by atoms with van der Waals surface area (Å²) >= 11 is 0. The van der Waals surface area contributed by atoms with E-state index in [9.17, 15) is 4.79 Å². The molecule has 104 valence electrons. The molecule has 0 aromatic heterocycles. The third-order valence-corrected chi connectivity index (χ3v) is 3.13. The van der Waals surface area contributed by atoms with E-state index in [-0.39, 0.29) is 5.91 Å². The lowest BCUT2D eigenvalue weighted by Crippen LogP contribution is -2.38. The molecule has 0 unspecified atom stereocenters. The molecular formula is C14H20N2O3. The minimum atomic E-state index is 0.0386. The highest BCUT2D eigenvalue weighted by Crippen LogP contribution is 2.15. The molecule has 1 fully saturated rings. The number of amides is 1. The Kier molecular flexibility index (Phi) is 5.18. The number of benzene rings is 1. The van der Waals surface area contributed by atoms with Crippen LogP contribution in [0.3, 0.4) is 0 Å². The highest BCUT2D eigenvalue weighted by molar-refractivity contribution is 5.90. The van der Waals surface area contributed by atoms with Crippen LogP contribution in [0.1, 0.15) is 6.42 Å². The average molecular weight is 264 g/mol. The Morgan fingerprint density at radius 1 is 1.32 bits per heavy atom. The van der Waals surface area contributed by atoms with Crippen LogP contribution in [-0.4, -0.2) is 50.8 Å². The second-order valence-corrected chi connectivity index (χ2v) is 4.48. The summed E-state index contributed by atoms with van der Waals surface area (Å²) in [7, 11) is 1.62. The molecule has 1 aromatic carbocycles. The molecule has 0 spiro atoms. The van der Waals surface area contributed by atoms with E-state index in [0.717, 1.165) is 44.3 Å². The Hall–Kier alpha value is -1.59. The molecule has 0 saturated carbocycles. The van der Waals surface area contributed by atoms with Gasteiger partial charge in [-0.15, -0.1) is 0 Å². The van der Waals surface area contributed by atoms with Crippen LogP contribution in [0.5, 0.6) is 5.75 Å². The Morgan fingerprint density at radius 2 is 2.00 bits per heavy atom. The molecular weight excluding hydrogens is 244 g/mol. The van der Waals surface area contributed by atoms with Crippen molar-refractivity contribution in [3.63, 3.8) is 0 Å². The number of nitrogens with zero attached hydrogens (tertiary/aromatic N) is 1. The number of morpholine rings is 1. The molecule has 5 heteroatoms. The zero-order valence-electron chi connectivity index (χ0n) is 11.2. The van der Waals surface area contributed by atoms with Gasteiger partial charge in [-0.1, -0.05) is 0 Å². The highest BCUT2D eigenvalue weighted by Gasteiger charge is 2.11. The number of hydrogen-bond acceptors (Lipinski definition) is 4. The molecule has 1 aliphatic heterocycles. The summed E-state index contributed by atoms with van der Waals surface area (Å²) < 4.78 is 10.3. The van der Waals surface area contributed by atoms with Gasteiger partial charge in [0, 0.05) is 31.7 Å². The van der Waals surface area contributed by atoms with Gasteiger partial charge in [-0.25, -0.2) is 0 Å². The molecule has 1 saturated heterocycles. The van der Waals surface area contributed by atoms with E-state index in [1.807, 2.05) is 24.3 Å². The smallest absolute Gasteiger partial charge is 0.225 e. The normalized spacial score (nSPS) is 16.1. The number of methoxy groups -OCH3 is 1. The molecule has 2 rings (SSSR count). The van der Waals surface area contributed by atoms with Crippen LogP contribution in [0.4, 0.5) is 5.69 Å². The molecule has 1 heterocycles. The van der Waals surface area contributed by atoms with Crippen molar-refractivity contribution in [2.24, 2.45) is 0 Å². The SMILES string of the molecule is COc1ccc(NC(=O)CCN2CCOCC2)cc1.